The van der Waals surface area contributed by atoms with Gasteiger partial charge in [0.05, 0.1) is 19.8 Å². The highest BCUT2D eigenvalue weighted by atomic mass is 31.2. The molecule has 0 aromatic heterocycles. The molecule has 0 fully saturated rings. The minimum atomic E-state index is -4.10. The molecule has 0 spiro atoms. The second kappa shape index (κ2) is 11.6. The van der Waals surface area contributed by atoms with Gasteiger partial charge in [0.15, 0.2) is 0 Å². The van der Waals surface area contributed by atoms with Crippen LogP contribution >= 0.6 is 7.82 Å². The Kier molecular flexibility index (Phi) is 9.12. The monoisotopic (exact) mass is 414 g/mol. The van der Waals surface area contributed by atoms with Crippen molar-refractivity contribution in [2.75, 3.05) is 27.4 Å². The average Bonchev–Trinajstić information content (AvgIpc) is 2.73. The number of hydrogen-bond donors (Lipinski definition) is 1. The second-order valence-corrected chi connectivity index (χ2v) is 7.53. The van der Waals surface area contributed by atoms with Crippen molar-refractivity contribution in [3.05, 3.63) is 70.8 Å². The summed E-state index contributed by atoms with van der Waals surface area (Å²) in [5.74, 6) is 8.77. The van der Waals surface area contributed by atoms with E-state index in [1.807, 2.05) is 48.5 Å². The second-order valence-electron chi connectivity index (χ2n) is 6.02. The predicted molar refractivity (Wildman–Crippen MR) is 110 cm³/mol. The summed E-state index contributed by atoms with van der Waals surface area (Å²) in [5.41, 5.74) is 3.44. The van der Waals surface area contributed by atoms with E-state index in [9.17, 15) is 9.46 Å². The lowest BCUT2D eigenvalue weighted by atomic mass is 10.1. The molecular formula is C22H23O6P. The van der Waals surface area contributed by atoms with Gasteiger partial charge in [-0.2, -0.15) is 0 Å². The van der Waals surface area contributed by atoms with Gasteiger partial charge in [-0.05, 0) is 35.9 Å². The molecule has 0 bridgehead atoms. The third kappa shape index (κ3) is 8.23. The molecule has 0 saturated carbocycles. The van der Waals surface area contributed by atoms with Crippen molar-refractivity contribution in [1.29, 1.82) is 0 Å². The van der Waals surface area contributed by atoms with Crippen LogP contribution < -0.4 is 0 Å². The van der Waals surface area contributed by atoms with Crippen molar-refractivity contribution < 1.29 is 28.0 Å². The number of terminal acetylenes is 1. The highest BCUT2D eigenvalue weighted by molar-refractivity contribution is 7.47. The summed E-state index contributed by atoms with van der Waals surface area (Å²) in [6.07, 6.45) is 4.68. The molecule has 0 saturated heterocycles. The van der Waals surface area contributed by atoms with Crippen LogP contribution in [0.2, 0.25) is 0 Å². The number of hydrogen-bond acceptors (Lipinski definition) is 5. The Morgan fingerprint density at radius 3 is 2.38 bits per heavy atom. The predicted octanol–water partition coefficient (Wildman–Crippen LogP) is 3.36. The van der Waals surface area contributed by atoms with Crippen LogP contribution in [0.3, 0.4) is 0 Å². The molecule has 0 amide bonds. The van der Waals surface area contributed by atoms with Gasteiger partial charge >= 0.3 is 7.82 Å². The van der Waals surface area contributed by atoms with Crippen molar-refractivity contribution in [2.24, 2.45) is 0 Å². The molecule has 0 heterocycles. The minimum absolute atomic E-state index is 0.0782. The van der Waals surface area contributed by atoms with Crippen LogP contribution in [0.4, 0.5) is 0 Å². The molecule has 2 aromatic rings. The SMILES string of the molecule is C#Cc1cccc(C#Cc2ccc(COC[C@@H](COC)OP(=O)(O)OC)cc2)c1. The average molecular weight is 414 g/mol. The smallest absolute Gasteiger partial charge is 0.382 e. The van der Waals surface area contributed by atoms with Crippen LogP contribution in [0.5, 0.6) is 0 Å². The molecule has 152 valence electrons. The molecule has 0 aliphatic rings. The number of benzene rings is 2. The van der Waals surface area contributed by atoms with E-state index in [4.69, 9.17) is 20.4 Å². The molecule has 1 unspecified atom stereocenters. The zero-order valence-electron chi connectivity index (χ0n) is 16.3. The van der Waals surface area contributed by atoms with E-state index in [0.717, 1.165) is 29.4 Å². The summed E-state index contributed by atoms with van der Waals surface area (Å²) in [5, 5.41) is 0. The summed E-state index contributed by atoms with van der Waals surface area (Å²) in [7, 11) is -1.54. The Morgan fingerprint density at radius 1 is 1.03 bits per heavy atom. The van der Waals surface area contributed by atoms with Crippen LogP contribution in [0.25, 0.3) is 0 Å². The van der Waals surface area contributed by atoms with Gasteiger partial charge in [0.1, 0.15) is 6.10 Å². The van der Waals surface area contributed by atoms with E-state index in [1.165, 1.54) is 7.11 Å². The third-order valence-corrected chi connectivity index (χ3v) is 4.80. The number of ether oxygens (including phenoxy) is 2. The molecule has 0 aliphatic heterocycles. The molecule has 2 aromatic carbocycles. The van der Waals surface area contributed by atoms with Gasteiger partial charge in [-0.25, -0.2) is 4.57 Å². The van der Waals surface area contributed by atoms with Gasteiger partial charge in [-0.15, -0.1) is 6.42 Å². The van der Waals surface area contributed by atoms with Crippen LogP contribution in [-0.2, 0) is 29.7 Å². The van der Waals surface area contributed by atoms with E-state index >= 15 is 0 Å². The summed E-state index contributed by atoms with van der Waals surface area (Å²) >= 11 is 0. The topological polar surface area (TPSA) is 74.2 Å². The maximum atomic E-state index is 11.5. The molecule has 6 nitrogen and oxygen atoms in total. The van der Waals surface area contributed by atoms with E-state index < -0.39 is 13.9 Å². The number of phosphoric acid groups is 1. The number of rotatable bonds is 9. The summed E-state index contributed by atoms with van der Waals surface area (Å²) in [6.45, 7) is 0.488. The largest absolute Gasteiger partial charge is 0.472 e. The zero-order chi connectivity index (χ0) is 21.1. The van der Waals surface area contributed by atoms with Crippen LogP contribution in [0.1, 0.15) is 22.3 Å². The lowest BCUT2D eigenvalue weighted by molar-refractivity contribution is -0.0135. The number of phosphoric ester groups is 1. The maximum Gasteiger partial charge on any atom is 0.472 e. The quantitative estimate of drug-likeness (QED) is 0.501. The molecular weight excluding hydrogens is 391 g/mol. The van der Waals surface area contributed by atoms with Gasteiger partial charge in [0.2, 0.25) is 0 Å². The summed E-state index contributed by atoms with van der Waals surface area (Å²) < 4.78 is 31.5. The first-order chi connectivity index (χ1) is 14.0. The molecule has 2 rings (SSSR count). The number of methoxy groups -OCH3 is 1. The zero-order valence-corrected chi connectivity index (χ0v) is 17.2. The summed E-state index contributed by atoms with van der Waals surface area (Å²) in [4.78, 5) is 9.41. The lowest BCUT2D eigenvalue weighted by Crippen LogP contribution is -2.24. The van der Waals surface area contributed by atoms with E-state index in [2.05, 4.69) is 22.3 Å². The fraction of sp³-hybridized carbons (Fsp3) is 0.273. The molecule has 1 N–H and O–H groups in total. The van der Waals surface area contributed by atoms with Gasteiger partial charge in [0, 0.05) is 30.9 Å². The first-order valence-corrected chi connectivity index (χ1v) is 10.3. The Balaban J connectivity index is 1.89. The van der Waals surface area contributed by atoms with Gasteiger partial charge in [0.25, 0.3) is 0 Å². The molecule has 0 radical (unpaired) electrons. The van der Waals surface area contributed by atoms with Crippen molar-refractivity contribution in [2.45, 2.75) is 12.7 Å². The lowest BCUT2D eigenvalue weighted by Gasteiger charge is -2.19. The van der Waals surface area contributed by atoms with E-state index in [0.29, 0.717) is 6.61 Å². The van der Waals surface area contributed by atoms with Crippen molar-refractivity contribution >= 4 is 7.82 Å². The van der Waals surface area contributed by atoms with Gasteiger partial charge in [-0.1, -0.05) is 36.0 Å². The first-order valence-electron chi connectivity index (χ1n) is 8.77. The normalized spacial score (nSPS) is 13.6. The van der Waals surface area contributed by atoms with E-state index in [1.54, 1.807) is 0 Å². The van der Waals surface area contributed by atoms with Crippen LogP contribution in [-0.4, -0.2) is 38.4 Å². The van der Waals surface area contributed by atoms with E-state index in [-0.39, 0.29) is 13.2 Å². The minimum Gasteiger partial charge on any atom is -0.382 e. The van der Waals surface area contributed by atoms with Gasteiger partial charge in [-0.3, -0.25) is 9.05 Å². The third-order valence-electron chi connectivity index (χ3n) is 3.77. The summed E-state index contributed by atoms with van der Waals surface area (Å²) in [6, 6.07) is 15.1. The molecule has 29 heavy (non-hydrogen) atoms. The Bertz CT molecular complexity index is 936. The molecule has 2 atom stereocenters. The molecule has 0 aliphatic carbocycles. The fourth-order valence-corrected chi connectivity index (χ4v) is 2.93. The first kappa shape index (κ1) is 22.9. The van der Waals surface area contributed by atoms with Crippen LogP contribution in [0.15, 0.2) is 48.5 Å². The van der Waals surface area contributed by atoms with Crippen molar-refractivity contribution in [1.82, 2.24) is 0 Å². The highest BCUT2D eigenvalue weighted by Gasteiger charge is 2.25. The fourth-order valence-electron chi connectivity index (χ4n) is 2.35. The Morgan fingerprint density at radius 2 is 1.72 bits per heavy atom. The maximum absolute atomic E-state index is 11.5. The van der Waals surface area contributed by atoms with Gasteiger partial charge < -0.3 is 14.4 Å². The standard InChI is InChI=1S/C22H23O6P/c1-4-18-6-5-7-20(14-18)11-8-19-9-12-21(13-10-19)15-27-17-22(16-25-2)28-29(23,24)26-3/h1,5-7,9-10,12-14,22H,15-17H2,2-3H3,(H,23,24)/t22-/m1/s1. The van der Waals surface area contributed by atoms with Crippen LogP contribution in [0, 0.1) is 24.2 Å². The molecule has 7 heteroatoms. The van der Waals surface area contributed by atoms with Crippen molar-refractivity contribution in [3.8, 4) is 24.2 Å². The Labute approximate surface area is 171 Å². The van der Waals surface area contributed by atoms with Crippen molar-refractivity contribution in [3.63, 3.8) is 0 Å². The highest BCUT2D eigenvalue weighted by Crippen LogP contribution is 2.43. The Hall–Kier alpha value is -2.41.